The van der Waals surface area contributed by atoms with Crippen molar-refractivity contribution in [2.75, 3.05) is 5.32 Å². The van der Waals surface area contributed by atoms with E-state index in [9.17, 15) is 9.90 Å². The number of aromatic hydroxyl groups is 1. The number of hydrogen-bond donors (Lipinski definition) is 2. The van der Waals surface area contributed by atoms with Crippen molar-refractivity contribution in [3.05, 3.63) is 52.8 Å². The number of aromatic nitrogens is 1. The molecule has 0 radical (unpaired) electrons. The molecule has 19 heavy (non-hydrogen) atoms. The molecule has 1 aromatic heterocycles. The van der Waals surface area contributed by atoms with Crippen LogP contribution in [0.2, 0.25) is 0 Å². The number of carbonyl (C=O) groups is 1. The van der Waals surface area contributed by atoms with Crippen LogP contribution >= 0.6 is 15.9 Å². The van der Waals surface area contributed by atoms with Crippen molar-refractivity contribution >= 4 is 27.5 Å². The summed E-state index contributed by atoms with van der Waals surface area (Å²) in [6.07, 6.45) is 3.23. The summed E-state index contributed by atoms with van der Waals surface area (Å²) in [7, 11) is 0. The van der Waals surface area contributed by atoms with Gasteiger partial charge in [-0.1, -0.05) is 15.9 Å². The minimum atomic E-state index is -0.141. The number of nitrogens with one attached hydrogen (secondary N) is 1. The summed E-state index contributed by atoms with van der Waals surface area (Å²) in [6, 6.07) is 8.88. The predicted molar refractivity (Wildman–Crippen MR) is 75.8 cm³/mol. The first-order valence-corrected chi connectivity index (χ1v) is 6.58. The fraction of sp³-hybridized carbons (Fsp3) is 0.143. The molecule has 98 valence electrons. The van der Waals surface area contributed by atoms with Crippen molar-refractivity contribution in [2.45, 2.75) is 13.5 Å². The third kappa shape index (κ3) is 3.79. The van der Waals surface area contributed by atoms with Gasteiger partial charge in [-0.3, -0.25) is 4.79 Å². The van der Waals surface area contributed by atoms with Gasteiger partial charge in [0.25, 0.3) is 5.91 Å². The molecule has 0 aliphatic rings. The van der Waals surface area contributed by atoms with Crippen LogP contribution in [-0.4, -0.2) is 11.0 Å². The summed E-state index contributed by atoms with van der Waals surface area (Å²) in [5.74, 6) is -0.00731. The highest BCUT2D eigenvalue weighted by Crippen LogP contribution is 2.19. The first-order valence-electron chi connectivity index (χ1n) is 5.78. The van der Waals surface area contributed by atoms with Gasteiger partial charge in [0.05, 0.1) is 0 Å². The first-order chi connectivity index (χ1) is 9.04. The van der Waals surface area contributed by atoms with E-state index in [0.717, 1.165) is 15.7 Å². The van der Waals surface area contributed by atoms with E-state index in [1.807, 2.05) is 25.1 Å². The summed E-state index contributed by atoms with van der Waals surface area (Å²) in [4.78, 5) is 11.9. The van der Waals surface area contributed by atoms with Gasteiger partial charge in [0, 0.05) is 16.2 Å². The Labute approximate surface area is 119 Å². The van der Waals surface area contributed by atoms with Crippen LogP contribution in [0.5, 0.6) is 5.75 Å². The highest BCUT2D eigenvalue weighted by Gasteiger charge is 2.10. The van der Waals surface area contributed by atoms with E-state index in [1.54, 1.807) is 22.9 Å². The van der Waals surface area contributed by atoms with Gasteiger partial charge >= 0.3 is 0 Å². The second kappa shape index (κ2) is 5.84. The van der Waals surface area contributed by atoms with Crippen LogP contribution in [0.15, 0.2) is 47.2 Å². The van der Waals surface area contributed by atoms with Crippen LogP contribution in [0.3, 0.4) is 0 Å². The molecular weight excluding hydrogens is 308 g/mol. The Hall–Kier alpha value is -1.88. The van der Waals surface area contributed by atoms with Gasteiger partial charge in [-0.15, -0.1) is 0 Å². The topological polar surface area (TPSA) is 53.2 Å². The molecule has 0 aliphatic carbocycles. The Morgan fingerprint density at radius 2 is 2.21 bits per heavy atom. The molecule has 0 saturated carbocycles. The number of hydrogen-bond acceptors (Lipinski definition) is 2. The molecule has 1 heterocycles. The molecule has 1 amide bonds. The number of amides is 1. The summed E-state index contributed by atoms with van der Waals surface area (Å²) < 4.78 is 2.63. The molecule has 2 rings (SSSR count). The van der Waals surface area contributed by atoms with Crippen LogP contribution in [0.1, 0.15) is 5.56 Å². The molecule has 2 aromatic rings. The van der Waals surface area contributed by atoms with Gasteiger partial charge in [-0.25, -0.2) is 0 Å². The molecule has 0 spiro atoms. The maximum atomic E-state index is 11.9. The van der Waals surface area contributed by atoms with Gasteiger partial charge in [0.1, 0.15) is 0 Å². The van der Waals surface area contributed by atoms with E-state index in [2.05, 4.69) is 21.2 Å². The van der Waals surface area contributed by atoms with Crippen LogP contribution in [0.4, 0.5) is 5.69 Å². The summed E-state index contributed by atoms with van der Waals surface area (Å²) in [5, 5.41) is 12.1. The van der Waals surface area contributed by atoms with E-state index >= 15 is 0 Å². The van der Waals surface area contributed by atoms with Crippen molar-refractivity contribution in [1.82, 2.24) is 0 Å². The van der Waals surface area contributed by atoms with E-state index < -0.39 is 0 Å². The fourth-order valence-electron chi connectivity index (χ4n) is 1.70. The van der Waals surface area contributed by atoms with E-state index in [4.69, 9.17) is 0 Å². The van der Waals surface area contributed by atoms with Crippen LogP contribution in [-0.2, 0) is 11.3 Å². The fourth-order valence-corrected chi connectivity index (χ4v) is 1.94. The molecule has 0 atom stereocenters. The highest BCUT2D eigenvalue weighted by atomic mass is 79.9. The summed E-state index contributed by atoms with van der Waals surface area (Å²) >= 11 is 3.41. The largest absolute Gasteiger partial charge is 0.503 e. The lowest BCUT2D eigenvalue weighted by Crippen LogP contribution is -2.39. The van der Waals surface area contributed by atoms with Crippen LogP contribution in [0, 0.1) is 6.92 Å². The number of benzene rings is 1. The highest BCUT2D eigenvalue weighted by molar-refractivity contribution is 9.10. The molecule has 0 bridgehead atoms. The Balaban J connectivity index is 2.03. The Morgan fingerprint density at radius 3 is 2.89 bits per heavy atom. The number of nitrogens with zero attached hydrogens (tertiary/aromatic N) is 1. The number of rotatable bonds is 3. The molecule has 0 aliphatic heterocycles. The van der Waals surface area contributed by atoms with Gasteiger partial charge in [0.15, 0.2) is 11.9 Å². The van der Waals surface area contributed by atoms with Crippen molar-refractivity contribution < 1.29 is 14.5 Å². The number of anilines is 1. The van der Waals surface area contributed by atoms with E-state index in [0.29, 0.717) is 0 Å². The lowest BCUT2D eigenvalue weighted by atomic mass is 10.2. The van der Waals surface area contributed by atoms with Crippen molar-refractivity contribution in [2.24, 2.45) is 0 Å². The zero-order valence-electron chi connectivity index (χ0n) is 10.4. The number of aryl methyl sites for hydroxylation is 1. The van der Waals surface area contributed by atoms with E-state index in [1.165, 1.54) is 6.20 Å². The molecular formula is C14H14BrN2O2+. The minimum Gasteiger partial charge on any atom is -0.503 e. The lowest BCUT2D eigenvalue weighted by molar-refractivity contribution is -0.684. The number of pyridine rings is 1. The monoisotopic (exact) mass is 321 g/mol. The number of halogens is 1. The summed E-state index contributed by atoms with van der Waals surface area (Å²) in [5.41, 5.74) is 1.81. The average Bonchev–Trinajstić information content (AvgIpc) is 2.34. The zero-order chi connectivity index (χ0) is 13.8. The third-order valence-corrected chi connectivity index (χ3v) is 3.50. The van der Waals surface area contributed by atoms with Gasteiger partial charge in [-0.2, -0.15) is 4.57 Å². The van der Waals surface area contributed by atoms with Crippen LogP contribution in [0.25, 0.3) is 0 Å². The summed E-state index contributed by atoms with van der Waals surface area (Å²) in [6.45, 7) is 2.12. The molecule has 5 heteroatoms. The van der Waals surface area contributed by atoms with Crippen molar-refractivity contribution in [1.29, 1.82) is 0 Å². The lowest BCUT2D eigenvalue weighted by Gasteiger charge is -2.05. The Bertz CT molecular complexity index is 614. The molecule has 0 unspecified atom stereocenters. The smallest absolute Gasteiger partial charge is 0.290 e. The normalized spacial score (nSPS) is 10.2. The minimum absolute atomic E-state index is 0.134. The maximum absolute atomic E-state index is 11.9. The molecule has 4 nitrogen and oxygen atoms in total. The van der Waals surface area contributed by atoms with E-state index in [-0.39, 0.29) is 18.2 Å². The predicted octanol–water partition coefficient (Wildman–Crippen LogP) is 2.39. The quantitative estimate of drug-likeness (QED) is 0.853. The van der Waals surface area contributed by atoms with Gasteiger partial charge in [0.2, 0.25) is 12.7 Å². The Morgan fingerprint density at radius 1 is 1.42 bits per heavy atom. The second-order valence-electron chi connectivity index (χ2n) is 4.25. The van der Waals surface area contributed by atoms with Crippen molar-refractivity contribution in [3.63, 3.8) is 0 Å². The molecule has 1 aromatic carbocycles. The standard InChI is InChI=1S/C14H13BrN2O2/c1-10-7-11(4-5-13(10)15)16-14(19)9-17-6-2-3-12(18)8-17/h2-8H,9H2,1H3,(H-,16,18,19)/p+1. The van der Waals surface area contributed by atoms with Gasteiger partial charge < -0.3 is 10.4 Å². The van der Waals surface area contributed by atoms with Crippen LogP contribution < -0.4 is 9.88 Å². The Kier molecular flexibility index (Phi) is 4.16. The van der Waals surface area contributed by atoms with Gasteiger partial charge in [-0.05, 0) is 36.8 Å². The zero-order valence-corrected chi connectivity index (χ0v) is 12.0. The first kappa shape index (κ1) is 13.5. The molecule has 2 N–H and O–H groups in total. The maximum Gasteiger partial charge on any atom is 0.290 e. The molecule has 0 saturated heterocycles. The average molecular weight is 322 g/mol. The van der Waals surface area contributed by atoms with Crippen molar-refractivity contribution in [3.8, 4) is 5.75 Å². The number of carbonyl (C=O) groups excluding carboxylic acids is 1. The third-order valence-electron chi connectivity index (χ3n) is 2.61. The molecule has 0 fully saturated rings. The SMILES string of the molecule is Cc1cc(NC(=O)C[n+]2cccc(O)c2)ccc1Br. The second-order valence-corrected chi connectivity index (χ2v) is 5.10.